The summed E-state index contributed by atoms with van der Waals surface area (Å²) in [4.78, 5) is 0. The molecular formula is C23H28Cl3N. The van der Waals surface area contributed by atoms with Crippen molar-refractivity contribution >= 4 is 35.6 Å². The van der Waals surface area contributed by atoms with Crippen LogP contribution in [0.1, 0.15) is 44.6 Å². The Labute approximate surface area is 179 Å². The Morgan fingerprint density at radius 1 is 1.07 bits per heavy atom. The fourth-order valence-corrected chi connectivity index (χ4v) is 5.09. The number of hydrogen-bond donors (Lipinski definition) is 1. The van der Waals surface area contributed by atoms with Gasteiger partial charge < -0.3 is 5.73 Å². The highest BCUT2D eigenvalue weighted by atomic mass is 35.5. The molecule has 27 heavy (non-hydrogen) atoms. The maximum absolute atomic E-state index is 6.60. The Hall–Kier alpha value is -0.990. The average Bonchev–Trinajstić information content (AvgIpc) is 2.62. The highest BCUT2D eigenvalue weighted by Crippen LogP contribution is 2.45. The lowest BCUT2D eigenvalue weighted by molar-refractivity contribution is 0.198. The van der Waals surface area contributed by atoms with Crippen molar-refractivity contribution in [1.29, 1.82) is 0 Å². The first kappa shape index (κ1) is 22.3. The van der Waals surface area contributed by atoms with Crippen molar-refractivity contribution in [3.05, 3.63) is 70.2 Å². The quantitative estimate of drug-likeness (QED) is 0.495. The highest BCUT2D eigenvalue weighted by Gasteiger charge is 2.38. The summed E-state index contributed by atoms with van der Waals surface area (Å²) in [5.74, 6) is 0. The van der Waals surface area contributed by atoms with Crippen LogP contribution < -0.4 is 5.73 Å². The van der Waals surface area contributed by atoms with E-state index in [0.717, 1.165) is 36.0 Å². The lowest BCUT2D eigenvalue weighted by atomic mass is 9.64. The van der Waals surface area contributed by atoms with Gasteiger partial charge in [0.05, 0.1) is 10.0 Å². The van der Waals surface area contributed by atoms with Crippen LogP contribution in [0.3, 0.4) is 0 Å². The third kappa shape index (κ3) is 4.71. The van der Waals surface area contributed by atoms with Crippen molar-refractivity contribution in [3.8, 4) is 11.1 Å². The van der Waals surface area contributed by atoms with Crippen LogP contribution in [-0.2, 0) is 6.42 Å². The first-order valence-electron chi connectivity index (χ1n) is 9.41. The van der Waals surface area contributed by atoms with Gasteiger partial charge >= 0.3 is 0 Å². The number of halogens is 3. The first-order chi connectivity index (χ1) is 12.4. The van der Waals surface area contributed by atoms with Gasteiger partial charge in [0.2, 0.25) is 0 Å². The number of rotatable bonds is 5. The molecule has 2 aromatic rings. The highest BCUT2D eigenvalue weighted by molar-refractivity contribution is 6.39. The minimum Gasteiger partial charge on any atom is -0.327 e. The SMILES string of the molecule is C=C(Cc1cc(Cl)c(-c2ccccc2)c(Cl)c1)C1(C(C)N)CCCCC1.Cl. The first-order valence-corrected chi connectivity index (χ1v) is 10.2. The van der Waals surface area contributed by atoms with Crippen LogP contribution in [0.4, 0.5) is 0 Å². The molecule has 1 fully saturated rings. The van der Waals surface area contributed by atoms with Crippen molar-refractivity contribution in [2.24, 2.45) is 11.1 Å². The Morgan fingerprint density at radius 3 is 2.15 bits per heavy atom. The van der Waals surface area contributed by atoms with Crippen LogP contribution in [0.25, 0.3) is 11.1 Å². The second-order valence-electron chi connectivity index (χ2n) is 7.59. The van der Waals surface area contributed by atoms with Crippen molar-refractivity contribution in [3.63, 3.8) is 0 Å². The van der Waals surface area contributed by atoms with Gasteiger partial charge in [-0.05, 0) is 49.4 Å². The largest absolute Gasteiger partial charge is 0.327 e. The van der Waals surface area contributed by atoms with Gasteiger partial charge in [-0.3, -0.25) is 0 Å². The van der Waals surface area contributed by atoms with Gasteiger partial charge in [0.25, 0.3) is 0 Å². The molecule has 0 aliphatic heterocycles. The molecule has 0 radical (unpaired) electrons. The summed E-state index contributed by atoms with van der Waals surface area (Å²) in [6, 6.07) is 14.2. The van der Waals surface area contributed by atoms with Gasteiger partial charge in [-0.1, -0.05) is 84.9 Å². The third-order valence-corrected chi connectivity index (χ3v) is 6.50. The fourth-order valence-electron chi connectivity index (χ4n) is 4.34. The van der Waals surface area contributed by atoms with Gasteiger partial charge in [-0.25, -0.2) is 0 Å². The van der Waals surface area contributed by atoms with Gasteiger partial charge in [-0.2, -0.15) is 0 Å². The van der Waals surface area contributed by atoms with Gasteiger partial charge in [-0.15, -0.1) is 12.4 Å². The van der Waals surface area contributed by atoms with E-state index in [9.17, 15) is 0 Å². The molecule has 1 atom stereocenters. The Balaban J connectivity index is 0.00000261. The summed E-state index contributed by atoms with van der Waals surface area (Å²) in [5.41, 5.74) is 10.7. The van der Waals surface area contributed by atoms with Crippen LogP contribution in [0, 0.1) is 5.41 Å². The second kappa shape index (κ2) is 9.47. The van der Waals surface area contributed by atoms with Crippen LogP contribution in [-0.4, -0.2) is 6.04 Å². The molecule has 3 rings (SSSR count). The van der Waals surface area contributed by atoms with Crippen molar-refractivity contribution in [2.45, 2.75) is 51.5 Å². The Kier molecular flexibility index (Phi) is 7.83. The standard InChI is InChI=1S/C23H27Cl2N.ClH/c1-16(23(17(2)26)11-7-4-8-12-23)13-18-14-20(24)22(21(25)15-18)19-9-5-3-6-10-19;/h3,5-6,9-10,14-15,17H,1,4,7-8,11-13,26H2,2H3;1H. The van der Waals surface area contributed by atoms with E-state index in [1.807, 2.05) is 42.5 Å². The third-order valence-electron chi connectivity index (χ3n) is 5.90. The summed E-state index contributed by atoms with van der Waals surface area (Å²) in [6.45, 7) is 6.56. The Bertz CT molecular complexity index is 754. The zero-order valence-electron chi connectivity index (χ0n) is 15.8. The van der Waals surface area contributed by atoms with E-state index in [2.05, 4.69) is 13.5 Å². The molecule has 0 heterocycles. The normalized spacial score (nSPS) is 17.0. The lowest BCUT2D eigenvalue weighted by Crippen LogP contribution is -2.42. The fraction of sp³-hybridized carbons (Fsp3) is 0.391. The van der Waals surface area contributed by atoms with E-state index in [0.29, 0.717) is 10.0 Å². The molecular weight excluding hydrogens is 397 g/mol. The monoisotopic (exact) mass is 423 g/mol. The van der Waals surface area contributed by atoms with Crippen LogP contribution in [0.5, 0.6) is 0 Å². The second-order valence-corrected chi connectivity index (χ2v) is 8.40. The molecule has 1 unspecified atom stereocenters. The molecule has 1 saturated carbocycles. The molecule has 146 valence electrons. The number of benzene rings is 2. The summed E-state index contributed by atoms with van der Waals surface area (Å²) >= 11 is 13.2. The summed E-state index contributed by atoms with van der Waals surface area (Å²) in [6.07, 6.45) is 6.80. The molecule has 0 saturated heterocycles. The predicted molar refractivity (Wildman–Crippen MR) is 121 cm³/mol. The molecule has 2 N–H and O–H groups in total. The zero-order chi connectivity index (χ0) is 18.7. The van der Waals surface area contributed by atoms with E-state index >= 15 is 0 Å². The topological polar surface area (TPSA) is 26.0 Å². The summed E-state index contributed by atoms with van der Waals surface area (Å²) in [5, 5.41) is 1.37. The lowest BCUT2D eigenvalue weighted by Gasteiger charge is -2.42. The van der Waals surface area contributed by atoms with Crippen LogP contribution in [0.15, 0.2) is 54.6 Å². The Morgan fingerprint density at radius 2 is 1.63 bits per heavy atom. The van der Waals surface area contributed by atoms with Gasteiger partial charge in [0.15, 0.2) is 0 Å². The molecule has 4 heteroatoms. The minimum absolute atomic E-state index is 0. The summed E-state index contributed by atoms with van der Waals surface area (Å²) in [7, 11) is 0. The van der Waals surface area contributed by atoms with E-state index in [1.54, 1.807) is 0 Å². The van der Waals surface area contributed by atoms with Gasteiger partial charge in [0, 0.05) is 17.0 Å². The maximum atomic E-state index is 6.60. The van der Waals surface area contributed by atoms with Crippen molar-refractivity contribution in [1.82, 2.24) is 0 Å². The van der Waals surface area contributed by atoms with E-state index in [4.69, 9.17) is 28.9 Å². The number of nitrogens with two attached hydrogens (primary N) is 1. The predicted octanol–water partition coefficient (Wildman–Crippen LogP) is 7.48. The summed E-state index contributed by atoms with van der Waals surface area (Å²) < 4.78 is 0. The average molecular weight is 425 g/mol. The molecule has 2 aromatic carbocycles. The van der Waals surface area contributed by atoms with Crippen LogP contribution in [0.2, 0.25) is 10.0 Å². The van der Waals surface area contributed by atoms with Crippen molar-refractivity contribution < 1.29 is 0 Å². The smallest absolute Gasteiger partial charge is 0.0502 e. The molecule has 0 aromatic heterocycles. The number of hydrogen-bond acceptors (Lipinski definition) is 1. The van der Waals surface area contributed by atoms with E-state index < -0.39 is 0 Å². The molecule has 1 aliphatic carbocycles. The van der Waals surface area contributed by atoms with E-state index in [1.165, 1.54) is 24.8 Å². The van der Waals surface area contributed by atoms with Crippen LogP contribution >= 0.6 is 35.6 Å². The molecule has 0 amide bonds. The zero-order valence-corrected chi connectivity index (χ0v) is 18.1. The minimum atomic E-state index is 0. The van der Waals surface area contributed by atoms with Crippen molar-refractivity contribution in [2.75, 3.05) is 0 Å². The molecule has 0 bridgehead atoms. The molecule has 1 aliphatic rings. The maximum Gasteiger partial charge on any atom is 0.0502 e. The molecule has 0 spiro atoms. The van der Waals surface area contributed by atoms with E-state index in [-0.39, 0.29) is 23.9 Å². The van der Waals surface area contributed by atoms with Gasteiger partial charge in [0.1, 0.15) is 0 Å². The molecule has 1 nitrogen and oxygen atoms in total.